The highest BCUT2D eigenvalue weighted by Crippen LogP contribution is 2.38. The third-order valence-electron chi connectivity index (χ3n) is 6.60. The third-order valence-corrected chi connectivity index (χ3v) is 6.60. The number of aromatic nitrogens is 2. The van der Waals surface area contributed by atoms with Gasteiger partial charge >= 0.3 is 0 Å². The van der Waals surface area contributed by atoms with Gasteiger partial charge in [-0.25, -0.2) is 4.68 Å². The lowest BCUT2D eigenvalue weighted by Gasteiger charge is -2.40. The van der Waals surface area contributed by atoms with Gasteiger partial charge in [0.25, 0.3) is 5.91 Å². The van der Waals surface area contributed by atoms with Gasteiger partial charge in [-0.3, -0.25) is 4.79 Å². The lowest BCUT2D eigenvalue weighted by atomic mass is 9.85. The monoisotopic (exact) mass is 435 g/mol. The zero-order valence-corrected chi connectivity index (χ0v) is 19.4. The van der Waals surface area contributed by atoms with Crippen LogP contribution >= 0.6 is 0 Å². The Bertz CT molecular complexity index is 1270. The molecule has 1 unspecified atom stereocenters. The zero-order chi connectivity index (χ0) is 22.9. The van der Waals surface area contributed by atoms with E-state index in [-0.39, 0.29) is 11.9 Å². The molecule has 0 bridgehead atoms. The van der Waals surface area contributed by atoms with Gasteiger partial charge in [0.2, 0.25) is 0 Å². The lowest BCUT2D eigenvalue weighted by Crippen LogP contribution is -2.42. The molecule has 0 N–H and O–H groups in total. The van der Waals surface area contributed by atoms with E-state index >= 15 is 0 Å². The summed E-state index contributed by atoms with van der Waals surface area (Å²) in [6.45, 7) is 7.11. The molecule has 0 aliphatic carbocycles. The first-order valence-corrected chi connectivity index (χ1v) is 11.7. The molecule has 1 aromatic heterocycles. The Hall–Kier alpha value is -3.66. The summed E-state index contributed by atoms with van der Waals surface area (Å²) < 4.78 is 1.90. The molecule has 4 nitrogen and oxygen atoms in total. The van der Waals surface area contributed by atoms with Crippen LogP contribution in [0, 0.1) is 12.8 Å². The largest absolute Gasteiger partial charge is 0.331 e. The summed E-state index contributed by atoms with van der Waals surface area (Å²) in [5.41, 5.74) is 6.82. The fourth-order valence-electron chi connectivity index (χ4n) is 5.07. The van der Waals surface area contributed by atoms with E-state index in [1.807, 2.05) is 72.3 Å². The van der Waals surface area contributed by atoms with Gasteiger partial charge in [-0.1, -0.05) is 86.6 Å². The molecule has 1 amide bonds. The molecule has 4 aromatic rings. The van der Waals surface area contributed by atoms with Crippen LogP contribution in [0.5, 0.6) is 0 Å². The predicted octanol–water partition coefficient (Wildman–Crippen LogP) is 6.24. The van der Waals surface area contributed by atoms with Crippen LogP contribution < -0.4 is 0 Å². The van der Waals surface area contributed by atoms with Gasteiger partial charge in [0.05, 0.1) is 23.0 Å². The second kappa shape index (κ2) is 8.70. The topological polar surface area (TPSA) is 38.1 Å². The molecule has 1 aliphatic heterocycles. The van der Waals surface area contributed by atoms with Crippen molar-refractivity contribution in [3.8, 4) is 16.9 Å². The molecule has 166 valence electrons. The summed E-state index contributed by atoms with van der Waals surface area (Å²) in [5.74, 6) is 0.363. The van der Waals surface area contributed by atoms with Gasteiger partial charge in [-0.15, -0.1) is 0 Å². The molecule has 0 radical (unpaired) electrons. The Morgan fingerprint density at radius 3 is 2.24 bits per heavy atom. The Morgan fingerprint density at radius 2 is 1.55 bits per heavy atom. The van der Waals surface area contributed by atoms with Crippen molar-refractivity contribution in [2.75, 3.05) is 6.54 Å². The summed E-state index contributed by atoms with van der Waals surface area (Å²) in [7, 11) is 0. The summed E-state index contributed by atoms with van der Waals surface area (Å²) in [6.07, 6.45) is 0.873. The molecule has 1 aliphatic rings. The normalized spacial score (nSPS) is 15.5. The van der Waals surface area contributed by atoms with Crippen LogP contribution in [-0.4, -0.2) is 27.1 Å². The highest BCUT2D eigenvalue weighted by molar-refractivity contribution is 6.01. The van der Waals surface area contributed by atoms with Crippen LogP contribution in [0.2, 0.25) is 0 Å². The van der Waals surface area contributed by atoms with Crippen LogP contribution in [0.25, 0.3) is 16.9 Å². The Morgan fingerprint density at radius 1 is 0.909 bits per heavy atom. The number of carbonyl (C=O) groups is 1. The van der Waals surface area contributed by atoms with Crippen molar-refractivity contribution >= 4 is 5.91 Å². The van der Waals surface area contributed by atoms with Crippen molar-refractivity contribution in [1.82, 2.24) is 14.7 Å². The van der Waals surface area contributed by atoms with Crippen LogP contribution in [0.1, 0.15) is 47.1 Å². The minimum Gasteiger partial charge on any atom is -0.331 e. The molecule has 0 spiro atoms. The SMILES string of the molecule is Cc1c(C(=O)N2CCc3ccccc3C2C(C)C)c(-c2ccccc2)nn1-c1ccccc1. The van der Waals surface area contributed by atoms with E-state index in [1.54, 1.807) is 0 Å². The van der Waals surface area contributed by atoms with E-state index in [9.17, 15) is 4.79 Å². The van der Waals surface area contributed by atoms with Gasteiger partial charge in [0, 0.05) is 12.1 Å². The maximum absolute atomic E-state index is 14.3. The molecular weight excluding hydrogens is 406 g/mol. The molecule has 0 saturated carbocycles. The number of rotatable bonds is 4. The minimum absolute atomic E-state index is 0.0468. The summed E-state index contributed by atoms with van der Waals surface area (Å²) in [5, 5.41) is 4.95. The van der Waals surface area contributed by atoms with Gasteiger partial charge < -0.3 is 4.90 Å². The number of benzene rings is 3. The highest BCUT2D eigenvalue weighted by atomic mass is 16.2. The quantitative estimate of drug-likeness (QED) is 0.380. The number of hydrogen-bond donors (Lipinski definition) is 0. The summed E-state index contributed by atoms with van der Waals surface area (Å²) in [6, 6.07) is 28.7. The van der Waals surface area contributed by atoms with Crippen LogP contribution in [-0.2, 0) is 6.42 Å². The Kier molecular flexibility index (Phi) is 5.59. The molecule has 1 atom stereocenters. The minimum atomic E-state index is 0.0468. The molecule has 3 aromatic carbocycles. The molecule has 4 heteroatoms. The fourth-order valence-corrected chi connectivity index (χ4v) is 5.07. The second-order valence-electron chi connectivity index (χ2n) is 9.06. The van der Waals surface area contributed by atoms with Gasteiger partial charge in [0.1, 0.15) is 5.69 Å². The van der Waals surface area contributed by atoms with E-state index < -0.39 is 0 Å². The maximum atomic E-state index is 14.3. The molecular formula is C29H29N3O. The molecule has 33 heavy (non-hydrogen) atoms. The van der Waals surface area contributed by atoms with Gasteiger partial charge in [0.15, 0.2) is 0 Å². The summed E-state index contributed by atoms with van der Waals surface area (Å²) in [4.78, 5) is 16.3. The van der Waals surface area contributed by atoms with Crippen molar-refractivity contribution in [1.29, 1.82) is 0 Å². The number of hydrogen-bond acceptors (Lipinski definition) is 2. The van der Waals surface area contributed by atoms with E-state index in [0.717, 1.165) is 29.1 Å². The molecule has 0 saturated heterocycles. The number of amides is 1. The van der Waals surface area contributed by atoms with Crippen LogP contribution in [0.4, 0.5) is 0 Å². The van der Waals surface area contributed by atoms with Crippen molar-refractivity contribution in [3.05, 3.63) is 107 Å². The van der Waals surface area contributed by atoms with E-state index in [2.05, 4.69) is 43.0 Å². The average molecular weight is 436 g/mol. The first-order valence-electron chi connectivity index (χ1n) is 11.7. The van der Waals surface area contributed by atoms with Crippen molar-refractivity contribution in [2.45, 2.75) is 33.2 Å². The zero-order valence-electron chi connectivity index (χ0n) is 19.4. The van der Waals surface area contributed by atoms with E-state index in [4.69, 9.17) is 5.10 Å². The first kappa shape index (κ1) is 21.2. The van der Waals surface area contributed by atoms with Crippen molar-refractivity contribution in [3.63, 3.8) is 0 Å². The second-order valence-corrected chi connectivity index (χ2v) is 9.06. The van der Waals surface area contributed by atoms with Crippen LogP contribution in [0.15, 0.2) is 84.9 Å². The van der Waals surface area contributed by atoms with Crippen LogP contribution in [0.3, 0.4) is 0 Å². The van der Waals surface area contributed by atoms with Crippen molar-refractivity contribution < 1.29 is 4.79 Å². The maximum Gasteiger partial charge on any atom is 0.258 e. The number of carbonyl (C=O) groups excluding carboxylic acids is 1. The highest BCUT2D eigenvalue weighted by Gasteiger charge is 2.36. The van der Waals surface area contributed by atoms with E-state index in [1.165, 1.54) is 11.1 Å². The van der Waals surface area contributed by atoms with Gasteiger partial charge in [-0.2, -0.15) is 5.10 Å². The number of fused-ring (bicyclic) bond motifs is 1. The number of nitrogens with zero attached hydrogens (tertiary/aromatic N) is 3. The fraction of sp³-hybridized carbons (Fsp3) is 0.241. The predicted molar refractivity (Wildman–Crippen MR) is 132 cm³/mol. The standard InChI is InChI=1S/C29H29N3O/c1-20(2)28-25-17-11-10-12-22(25)18-19-31(28)29(33)26-21(3)32(24-15-8-5-9-16-24)30-27(26)23-13-6-4-7-14-23/h4-17,20,28H,18-19H2,1-3H3. The number of para-hydroxylation sites is 1. The Labute approximate surface area is 195 Å². The Balaban J connectivity index is 1.65. The molecule has 2 heterocycles. The molecule has 0 fully saturated rings. The molecule has 5 rings (SSSR count). The van der Waals surface area contributed by atoms with Gasteiger partial charge in [-0.05, 0) is 42.5 Å². The smallest absolute Gasteiger partial charge is 0.258 e. The van der Waals surface area contributed by atoms with E-state index in [0.29, 0.717) is 18.0 Å². The average Bonchev–Trinajstić information content (AvgIpc) is 3.20. The third kappa shape index (κ3) is 3.76. The summed E-state index contributed by atoms with van der Waals surface area (Å²) >= 11 is 0. The van der Waals surface area contributed by atoms with Crippen molar-refractivity contribution in [2.24, 2.45) is 5.92 Å². The lowest BCUT2D eigenvalue weighted by molar-refractivity contribution is 0.0603. The first-order chi connectivity index (χ1) is 16.1.